The average molecular weight is 344 g/mol. The molecule has 0 fully saturated rings. The van der Waals surface area contributed by atoms with E-state index in [1.807, 2.05) is 36.7 Å². The highest BCUT2D eigenvalue weighted by Gasteiger charge is 2.05. The summed E-state index contributed by atoms with van der Waals surface area (Å²) in [5.74, 6) is 0. The third-order valence-electron chi connectivity index (χ3n) is 2.71. The smallest absolute Gasteiger partial charge is 0.269 e. The minimum atomic E-state index is -0.417. The molecule has 0 amide bonds. The van der Waals surface area contributed by atoms with Gasteiger partial charge in [0.05, 0.1) is 10.6 Å². The molecule has 0 saturated heterocycles. The summed E-state index contributed by atoms with van der Waals surface area (Å²) in [4.78, 5) is 16.4. The second-order valence-corrected chi connectivity index (χ2v) is 6.15. The number of hydrogen-bond donors (Lipinski definition) is 1. The second-order valence-electron chi connectivity index (χ2n) is 4.20. The number of nitriles is 1. The first-order valence-electron chi connectivity index (χ1n) is 6.42. The van der Waals surface area contributed by atoms with Gasteiger partial charge in [0.15, 0.2) is 11.4 Å². The summed E-state index contributed by atoms with van der Waals surface area (Å²) in [6.45, 7) is 0. The van der Waals surface area contributed by atoms with Crippen molar-refractivity contribution in [2.24, 2.45) is 4.99 Å². The summed E-state index contributed by atoms with van der Waals surface area (Å²) in [7, 11) is 0. The molecule has 2 aromatic carbocycles. The molecular formula is C15H12N4O2S2. The number of hydrogen-bond acceptors (Lipinski definition) is 6. The van der Waals surface area contributed by atoms with Gasteiger partial charge in [-0.3, -0.25) is 15.4 Å². The molecule has 0 heterocycles. The van der Waals surface area contributed by atoms with Gasteiger partial charge < -0.3 is 0 Å². The van der Waals surface area contributed by atoms with E-state index >= 15 is 0 Å². The Morgan fingerprint density at radius 2 is 1.74 bits per heavy atom. The second kappa shape index (κ2) is 8.22. The van der Waals surface area contributed by atoms with Crippen LogP contribution in [0.25, 0.3) is 0 Å². The SMILES string of the molecule is CSC(=Nc1ccc(Sc2ccc([N+](=O)[O-])cc2)cc1)NC#N. The number of amidine groups is 1. The molecule has 0 atom stereocenters. The predicted octanol–water partition coefficient (Wildman–Crippen LogP) is 4.17. The van der Waals surface area contributed by atoms with E-state index in [0.717, 1.165) is 15.5 Å². The summed E-state index contributed by atoms with van der Waals surface area (Å²) < 4.78 is 0. The molecule has 0 unspecified atom stereocenters. The molecule has 2 rings (SSSR count). The van der Waals surface area contributed by atoms with Crippen LogP contribution in [-0.2, 0) is 0 Å². The minimum Gasteiger partial charge on any atom is -0.271 e. The van der Waals surface area contributed by atoms with Crippen LogP contribution in [0.5, 0.6) is 0 Å². The van der Waals surface area contributed by atoms with Gasteiger partial charge in [0.1, 0.15) is 0 Å². The molecule has 0 saturated carbocycles. The minimum absolute atomic E-state index is 0.0774. The Bertz CT molecular complexity index is 753. The Morgan fingerprint density at radius 3 is 2.22 bits per heavy atom. The van der Waals surface area contributed by atoms with Crippen LogP contribution in [0.1, 0.15) is 0 Å². The van der Waals surface area contributed by atoms with E-state index in [9.17, 15) is 10.1 Å². The van der Waals surface area contributed by atoms with Crippen molar-refractivity contribution in [3.63, 3.8) is 0 Å². The molecule has 0 aliphatic carbocycles. The first-order valence-corrected chi connectivity index (χ1v) is 8.46. The molecule has 0 bridgehead atoms. The Balaban J connectivity index is 2.08. The maximum Gasteiger partial charge on any atom is 0.269 e. The van der Waals surface area contributed by atoms with Gasteiger partial charge in [0, 0.05) is 21.9 Å². The largest absolute Gasteiger partial charge is 0.271 e. The molecule has 0 spiro atoms. The van der Waals surface area contributed by atoms with Crippen LogP contribution >= 0.6 is 23.5 Å². The van der Waals surface area contributed by atoms with E-state index in [4.69, 9.17) is 5.26 Å². The van der Waals surface area contributed by atoms with Gasteiger partial charge in [-0.15, -0.1) is 0 Å². The molecule has 2 aromatic rings. The highest BCUT2D eigenvalue weighted by molar-refractivity contribution is 8.13. The fourth-order valence-electron chi connectivity index (χ4n) is 1.65. The Kier molecular flexibility index (Phi) is 6.02. The normalized spacial score (nSPS) is 10.9. The lowest BCUT2D eigenvalue weighted by Crippen LogP contribution is -2.12. The summed E-state index contributed by atoms with van der Waals surface area (Å²) in [5, 5.41) is 22.3. The number of nitrogens with one attached hydrogen (secondary N) is 1. The maximum absolute atomic E-state index is 10.6. The van der Waals surface area contributed by atoms with Crippen LogP contribution in [0.15, 0.2) is 63.3 Å². The van der Waals surface area contributed by atoms with Crippen LogP contribution < -0.4 is 5.32 Å². The first kappa shape index (κ1) is 16.9. The number of nitrogens with zero attached hydrogens (tertiary/aromatic N) is 3. The number of aliphatic imine (C=N–C) groups is 1. The zero-order chi connectivity index (χ0) is 16.7. The summed E-state index contributed by atoms with van der Waals surface area (Å²) in [5.41, 5.74) is 0.818. The molecule has 6 nitrogen and oxygen atoms in total. The molecule has 0 aromatic heterocycles. The fraction of sp³-hybridized carbons (Fsp3) is 0.0667. The summed E-state index contributed by atoms with van der Waals surface area (Å²) in [6, 6.07) is 13.9. The van der Waals surface area contributed by atoms with E-state index in [-0.39, 0.29) is 5.69 Å². The third-order valence-corrected chi connectivity index (χ3v) is 4.30. The standard InChI is InChI=1S/C15H12N4O2S2/c1-22-15(17-10-16)18-11-2-6-13(7-3-11)23-14-8-4-12(5-9-14)19(20)21/h2-9H,1H3,(H,17,18). The summed E-state index contributed by atoms with van der Waals surface area (Å²) in [6.07, 6.45) is 3.68. The predicted molar refractivity (Wildman–Crippen MR) is 93.0 cm³/mol. The zero-order valence-corrected chi connectivity index (χ0v) is 13.7. The zero-order valence-electron chi connectivity index (χ0n) is 12.1. The molecule has 0 aliphatic heterocycles. The summed E-state index contributed by atoms with van der Waals surface area (Å²) >= 11 is 2.86. The van der Waals surface area contributed by atoms with Crippen molar-refractivity contribution >= 4 is 40.1 Å². The van der Waals surface area contributed by atoms with Crippen molar-refractivity contribution in [2.75, 3.05) is 6.26 Å². The molecule has 23 heavy (non-hydrogen) atoms. The van der Waals surface area contributed by atoms with Crippen LogP contribution in [0.4, 0.5) is 11.4 Å². The van der Waals surface area contributed by atoms with Gasteiger partial charge in [-0.25, -0.2) is 4.99 Å². The molecule has 0 radical (unpaired) electrons. The van der Waals surface area contributed by atoms with Crippen LogP contribution in [0.2, 0.25) is 0 Å². The topological polar surface area (TPSA) is 91.3 Å². The van der Waals surface area contributed by atoms with Crippen molar-refractivity contribution in [1.29, 1.82) is 5.26 Å². The molecular weight excluding hydrogens is 332 g/mol. The van der Waals surface area contributed by atoms with Crippen molar-refractivity contribution in [3.05, 3.63) is 58.6 Å². The lowest BCUT2D eigenvalue weighted by Gasteiger charge is -2.03. The Labute approximate surface area is 141 Å². The van der Waals surface area contributed by atoms with E-state index in [1.165, 1.54) is 35.7 Å². The van der Waals surface area contributed by atoms with Gasteiger partial charge in [0.25, 0.3) is 5.69 Å². The van der Waals surface area contributed by atoms with Crippen LogP contribution in [0, 0.1) is 21.6 Å². The highest BCUT2D eigenvalue weighted by Crippen LogP contribution is 2.30. The van der Waals surface area contributed by atoms with Gasteiger partial charge in [0.2, 0.25) is 0 Å². The molecule has 8 heteroatoms. The fourth-order valence-corrected chi connectivity index (χ4v) is 2.81. The quantitative estimate of drug-likeness (QED) is 0.223. The van der Waals surface area contributed by atoms with E-state index in [1.54, 1.807) is 12.1 Å². The first-order chi connectivity index (χ1) is 11.1. The number of benzene rings is 2. The van der Waals surface area contributed by atoms with Gasteiger partial charge >= 0.3 is 0 Å². The van der Waals surface area contributed by atoms with Gasteiger partial charge in [-0.2, -0.15) is 5.26 Å². The number of rotatable bonds is 4. The van der Waals surface area contributed by atoms with E-state index < -0.39 is 4.92 Å². The van der Waals surface area contributed by atoms with Crippen LogP contribution in [0.3, 0.4) is 0 Å². The molecule has 0 aliphatic rings. The van der Waals surface area contributed by atoms with Crippen LogP contribution in [-0.4, -0.2) is 16.3 Å². The number of non-ortho nitro benzene ring substituents is 1. The highest BCUT2D eigenvalue weighted by atomic mass is 32.2. The molecule has 116 valence electrons. The van der Waals surface area contributed by atoms with E-state index in [2.05, 4.69) is 10.3 Å². The Hall–Kier alpha value is -2.50. The van der Waals surface area contributed by atoms with Crippen molar-refractivity contribution < 1.29 is 4.92 Å². The monoisotopic (exact) mass is 344 g/mol. The maximum atomic E-state index is 10.6. The number of thioether (sulfide) groups is 1. The van der Waals surface area contributed by atoms with Crippen molar-refractivity contribution in [2.45, 2.75) is 9.79 Å². The van der Waals surface area contributed by atoms with Gasteiger partial charge in [-0.05, 0) is 42.7 Å². The van der Waals surface area contributed by atoms with Crippen molar-refractivity contribution in [3.8, 4) is 6.19 Å². The van der Waals surface area contributed by atoms with E-state index in [0.29, 0.717) is 5.17 Å². The molecule has 1 N–H and O–H groups in total. The number of nitro benzene ring substituents is 1. The third kappa shape index (κ3) is 5.02. The Morgan fingerprint density at radius 1 is 1.17 bits per heavy atom. The van der Waals surface area contributed by atoms with Gasteiger partial charge in [-0.1, -0.05) is 23.5 Å². The average Bonchev–Trinajstić information content (AvgIpc) is 2.56. The lowest BCUT2D eigenvalue weighted by atomic mass is 10.3. The lowest BCUT2D eigenvalue weighted by molar-refractivity contribution is -0.384. The number of nitro groups is 1. The van der Waals surface area contributed by atoms with Crippen molar-refractivity contribution in [1.82, 2.24) is 5.32 Å².